The Bertz CT molecular complexity index is 313. The Morgan fingerprint density at radius 1 is 1.29 bits per heavy atom. The zero-order valence-corrected chi connectivity index (χ0v) is 9.94. The second-order valence-electron chi connectivity index (χ2n) is 4.30. The summed E-state index contributed by atoms with van der Waals surface area (Å²) >= 11 is 0. The molecule has 17 heavy (non-hydrogen) atoms. The molecule has 0 heterocycles. The molecular weight excluding hydrogens is 224 g/mol. The van der Waals surface area contributed by atoms with Crippen molar-refractivity contribution in [1.82, 2.24) is 10.2 Å². The highest BCUT2D eigenvalue weighted by Gasteiger charge is 2.26. The van der Waals surface area contributed by atoms with Gasteiger partial charge in [-0.3, -0.25) is 14.9 Å². The Kier molecular flexibility index (Phi) is 4.93. The van der Waals surface area contributed by atoms with Crippen LogP contribution in [0.25, 0.3) is 0 Å². The van der Waals surface area contributed by atoms with Crippen LogP contribution in [0.5, 0.6) is 0 Å². The van der Waals surface area contributed by atoms with E-state index in [2.05, 4.69) is 5.32 Å². The van der Waals surface area contributed by atoms with Crippen LogP contribution in [-0.4, -0.2) is 41.0 Å². The number of hydrogen-bond donors (Lipinski definition) is 2. The molecule has 0 aromatic rings. The van der Waals surface area contributed by atoms with Gasteiger partial charge in [-0.05, 0) is 25.7 Å². The lowest BCUT2D eigenvalue weighted by atomic mass is 9.92. The van der Waals surface area contributed by atoms with Gasteiger partial charge in [0.25, 0.3) is 0 Å². The SMILES string of the molecule is CN(C(=O)NC(=O)CCCC(=O)O)C1CCC1. The van der Waals surface area contributed by atoms with Crippen molar-refractivity contribution in [3.8, 4) is 0 Å². The zero-order valence-electron chi connectivity index (χ0n) is 9.94. The Labute approximate surface area is 100.0 Å². The Morgan fingerprint density at radius 3 is 2.41 bits per heavy atom. The van der Waals surface area contributed by atoms with Crippen molar-refractivity contribution < 1.29 is 19.5 Å². The fraction of sp³-hybridized carbons (Fsp3) is 0.727. The number of hydrogen-bond acceptors (Lipinski definition) is 3. The van der Waals surface area contributed by atoms with Crippen LogP contribution in [0.2, 0.25) is 0 Å². The van der Waals surface area contributed by atoms with Crippen LogP contribution in [0.4, 0.5) is 4.79 Å². The van der Waals surface area contributed by atoms with E-state index in [1.165, 1.54) is 0 Å². The van der Waals surface area contributed by atoms with Gasteiger partial charge in [-0.1, -0.05) is 0 Å². The average Bonchev–Trinajstić information content (AvgIpc) is 2.13. The zero-order chi connectivity index (χ0) is 12.8. The number of nitrogens with one attached hydrogen (secondary N) is 1. The molecule has 0 aromatic carbocycles. The lowest BCUT2D eigenvalue weighted by Gasteiger charge is -2.34. The van der Waals surface area contributed by atoms with E-state index < -0.39 is 17.9 Å². The number of urea groups is 1. The summed E-state index contributed by atoms with van der Waals surface area (Å²) in [4.78, 5) is 34.7. The molecule has 6 nitrogen and oxygen atoms in total. The smallest absolute Gasteiger partial charge is 0.324 e. The van der Waals surface area contributed by atoms with Crippen molar-refractivity contribution in [3.63, 3.8) is 0 Å². The van der Waals surface area contributed by atoms with Crippen LogP contribution in [0.1, 0.15) is 38.5 Å². The first-order valence-corrected chi connectivity index (χ1v) is 5.79. The predicted molar refractivity (Wildman–Crippen MR) is 60.4 cm³/mol. The Morgan fingerprint density at radius 2 is 1.94 bits per heavy atom. The van der Waals surface area contributed by atoms with Gasteiger partial charge in [-0.15, -0.1) is 0 Å². The van der Waals surface area contributed by atoms with Crippen LogP contribution in [0, 0.1) is 0 Å². The van der Waals surface area contributed by atoms with E-state index in [9.17, 15) is 14.4 Å². The molecule has 1 fully saturated rings. The summed E-state index contributed by atoms with van der Waals surface area (Å²) in [5.41, 5.74) is 0. The summed E-state index contributed by atoms with van der Waals surface area (Å²) in [7, 11) is 1.67. The van der Waals surface area contributed by atoms with Gasteiger partial charge >= 0.3 is 12.0 Å². The minimum Gasteiger partial charge on any atom is -0.481 e. The number of carbonyl (C=O) groups is 3. The Balaban J connectivity index is 2.20. The summed E-state index contributed by atoms with van der Waals surface area (Å²) in [5.74, 6) is -1.35. The minimum absolute atomic E-state index is 0.0555. The number of nitrogens with zero attached hydrogens (tertiary/aromatic N) is 1. The maximum atomic E-state index is 11.6. The van der Waals surface area contributed by atoms with Crippen molar-refractivity contribution in [2.24, 2.45) is 0 Å². The van der Waals surface area contributed by atoms with Crippen molar-refractivity contribution in [1.29, 1.82) is 0 Å². The monoisotopic (exact) mass is 242 g/mol. The molecule has 0 unspecified atom stereocenters. The third-order valence-electron chi connectivity index (χ3n) is 2.98. The van der Waals surface area contributed by atoms with Gasteiger partial charge in [0.15, 0.2) is 0 Å². The number of rotatable bonds is 5. The van der Waals surface area contributed by atoms with Crippen molar-refractivity contribution >= 4 is 17.9 Å². The maximum Gasteiger partial charge on any atom is 0.324 e. The first-order valence-electron chi connectivity index (χ1n) is 5.79. The Hall–Kier alpha value is -1.59. The van der Waals surface area contributed by atoms with E-state index in [4.69, 9.17) is 5.11 Å². The van der Waals surface area contributed by atoms with Crippen LogP contribution in [-0.2, 0) is 9.59 Å². The van der Waals surface area contributed by atoms with Gasteiger partial charge in [-0.2, -0.15) is 0 Å². The predicted octanol–water partition coefficient (Wildman–Crippen LogP) is 0.962. The summed E-state index contributed by atoms with van der Waals surface area (Å²) in [6.45, 7) is 0. The lowest BCUT2D eigenvalue weighted by Crippen LogP contribution is -2.48. The molecule has 0 radical (unpaired) electrons. The van der Waals surface area contributed by atoms with Crippen molar-refractivity contribution in [3.05, 3.63) is 0 Å². The summed E-state index contributed by atoms with van der Waals surface area (Å²) in [6.07, 6.45) is 3.35. The first kappa shape index (κ1) is 13.5. The molecule has 0 atom stereocenters. The van der Waals surface area contributed by atoms with E-state index in [1.54, 1.807) is 11.9 Å². The highest BCUT2D eigenvalue weighted by atomic mass is 16.4. The van der Waals surface area contributed by atoms with Crippen LogP contribution < -0.4 is 5.32 Å². The largest absolute Gasteiger partial charge is 0.481 e. The van der Waals surface area contributed by atoms with Gasteiger partial charge < -0.3 is 10.0 Å². The van der Waals surface area contributed by atoms with Crippen LogP contribution in [0.15, 0.2) is 0 Å². The third-order valence-corrected chi connectivity index (χ3v) is 2.98. The molecule has 2 N–H and O–H groups in total. The molecule has 1 aliphatic rings. The van der Waals surface area contributed by atoms with Crippen LogP contribution in [0.3, 0.4) is 0 Å². The summed E-state index contributed by atoms with van der Waals surface area (Å²) in [5, 5.41) is 10.7. The van der Waals surface area contributed by atoms with Gasteiger partial charge in [0.2, 0.25) is 5.91 Å². The third kappa shape index (κ3) is 4.42. The fourth-order valence-corrected chi connectivity index (χ4v) is 1.61. The number of amides is 3. The van der Waals surface area contributed by atoms with Crippen molar-refractivity contribution in [2.45, 2.75) is 44.6 Å². The molecule has 0 aromatic heterocycles. The average molecular weight is 242 g/mol. The number of imide groups is 1. The van der Waals surface area contributed by atoms with E-state index in [0.717, 1.165) is 19.3 Å². The quantitative estimate of drug-likeness (QED) is 0.751. The summed E-state index contributed by atoms with van der Waals surface area (Å²) in [6, 6.07) is -0.156. The maximum absolute atomic E-state index is 11.6. The molecule has 0 spiro atoms. The highest BCUT2D eigenvalue weighted by molar-refractivity contribution is 5.94. The molecule has 0 bridgehead atoms. The minimum atomic E-state index is -0.935. The van der Waals surface area contributed by atoms with E-state index >= 15 is 0 Å². The molecule has 3 amide bonds. The lowest BCUT2D eigenvalue weighted by molar-refractivity contribution is -0.137. The molecule has 1 saturated carbocycles. The molecule has 0 saturated heterocycles. The molecule has 1 aliphatic carbocycles. The van der Waals surface area contributed by atoms with E-state index in [1.807, 2.05) is 0 Å². The van der Waals surface area contributed by atoms with Gasteiger partial charge in [0, 0.05) is 25.9 Å². The van der Waals surface area contributed by atoms with E-state index in [0.29, 0.717) is 0 Å². The van der Waals surface area contributed by atoms with Gasteiger partial charge in [0.05, 0.1) is 0 Å². The normalized spacial score (nSPS) is 14.9. The second-order valence-corrected chi connectivity index (χ2v) is 4.30. The van der Waals surface area contributed by atoms with Crippen LogP contribution >= 0.6 is 0 Å². The molecule has 6 heteroatoms. The number of carboxylic acid groups (broad SMARTS) is 1. The van der Waals surface area contributed by atoms with Gasteiger partial charge in [0.1, 0.15) is 0 Å². The summed E-state index contributed by atoms with van der Waals surface area (Å²) < 4.78 is 0. The molecular formula is C11H18N2O4. The number of carbonyl (C=O) groups excluding carboxylic acids is 2. The number of aliphatic carboxylic acids is 1. The topological polar surface area (TPSA) is 86.7 Å². The molecule has 1 rings (SSSR count). The van der Waals surface area contributed by atoms with Gasteiger partial charge in [-0.25, -0.2) is 4.79 Å². The van der Waals surface area contributed by atoms with E-state index in [-0.39, 0.29) is 25.3 Å². The highest BCUT2D eigenvalue weighted by Crippen LogP contribution is 2.23. The second kappa shape index (κ2) is 6.22. The fourth-order valence-electron chi connectivity index (χ4n) is 1.61. The standard InChI is InChI=1S/C11H18N2O4/c1-13(8-4-2-5-8)11(17)12-9(14)6-3-7-10(15)16/h8H,2-7H2,1H3,(H,15,16)(H,12,14,17). The molecule has 0 aliphatic heterocycles. The number of carboxylic acids is 1. The van der Waals surface area contributed by atoms with Crippen molar-refractivity contribution in [2.75, 3.05) is 7.05 Å². The molecule has 96 valence electrons. The first-order chi connectivity index (χ1) is 8.00.